The first-order valence-electron chi connectivity index (χ1n) is 7.32. The summed E-state index contributed by atoms with van der Waals surface area (Å²) < 4.78 is 5.38. The second-order valence-electron chi connectivity index (χ2n) is 5.25. The Labute approximate surface area is 125 Å². The maximum atomic E-state index is 12.3. The summed E-state index contributed by atoms with van der Waals surface area (Å²) in [6, 6.07) is 5.56. The molecule has 21 heavy (non-hydrogen) atoms. The molecule has 0 aliphatic carbocycles. The van der Waals surface area contributed by atoms with E-state index in [9.17, 15) is 4.79 Å². The molecule has 2 heterocycles. The molecule has 1 amide bonds. The smallest absolute Gasteiger partial charge is 0.234 e. The molecular formula is C16H21N3O2. The van der Waals surface area contributed by atoms with Crippen molar-refractivity contribution in [2.45, 2.75) is 46.1 Å². The van der Waals surface area contributed by atoms with Crippen LogP contribution in [0.25, 0.3) is 11.3 Å². The predicted octanol–water partition coefficient (Wildman–Crippen LogP) is 3.67. The third-order valence-corrected chi connectivity index (χ3v) is 3.24. The zero-order valence-corrected chi connectivity index (χ0v) is 12.7. The van der Waals surface area contributed by atoms with Crippen LogP contribution in [0.15, 0.2) is 35.1 Å². The molecule has 0 fully saturated rings. The van der Waals surface area contributed by atoms with Crippen LogP contribution < -0.4 is 4.90 Å². The summed E-state index contributed by atoms with van der Waals surface area (Å²) in [5.74, 6) is 0.571. The summed E-state index contributed by atoms with van der Waals surface area (Å²) in [5.41, 5.74) is 1.63. The monoisotopic (exact) mass is 287 g/mol. The van der Waals surface area contributed by atoms with E-state index in [0.29, 0.717) is 18.0 Å². The molecule has 0 N–H and O–H groups in total. The second kappa shape index (κ2) is 7.02. The van der Waals surface area contributed by atoms with E-state index in [4.69, 9.17) is 4.52 Å². The normalized spacial score (nSPS) is 10.9. The number of carbonyl (C=O) groups is 1. The van der Waals surface area contributed by atoms with Gasteiger partial charge in [-0.3, -0.25) is 14.7 Å². The number of carbonyl (C=O) groups excluding carboxylic acids is 1. The van der Waals surface area contributed by atoms with Gasteiger partial charge in [0.2, 0.25) is 11.8 Å². The Bertz CT molecular complexity index is 578. The van der Waals surface area contributed by atoms with Crippen LogP contribution in [0.3, 0.4) is 0 Å². The Morgan fingerprint density at radius 1 is 1.33 bits per heavy atom. The lowest BCUT2D eigenvalue weighted by molar-refractivity contribution is -0.119. The van der Waals surface area contributed by atoms with Gasteiger partial charge in [-0.15, -0.1) is 0 Å². The largest absolute Gasteiger partial charge is 0.338 e. The first kappa shape index (κ1) is 15.2. The van der Waals surface area contributed by atoms with Crippen molar-refractivity contribution >= 4 is 11.8 Å². The van der Waals surface area contributed by atoms with Crippen molar-refractivity contribution in [3.63, 3.8) is 0 Å². The SMILES string of the molecule is CCCCC(=O)N(c1cc(-c2ccncc2)no1)C(C)C. The molecule has 0 aliphatic heterocycles. The summed E-state index contributed by atoms with van der Waals surface area (Å²) >= 11 is 0. The molecule has 0 aliphatic rings. The number of rotatable bonds is 6. The highest BCUT2D eigenvalue weighted by molar-refractivity contribution is 5.92. The second-order valence-corrected chi connectivity index (χ2v) is 5.25. The molecule has 0 radical (unpaired) electrons. The van der Waals surface area contributed by atoms with Gasteiger partial charge in [-0.25, -0.2) is 0 Å². The van der Waals surface area contributed by atoms with Gasteiger partial charge in [-0.2, -0.15) is 0 Å². The van der Waals surface area contributed by atoms with Gasteiger partial charge in [0.05, 0.1) is 0 Å². The number of aromatic nitrogens is 2. The lowest BCUT2D eigenvalue weighted by Gasteiger charge is -2.23. The van der Waals surface area contributed by atoms with Crippen molar-refractivity contribution in [3.05, 3.63) is 30.6 Å². The summed E-state index contributed by atoms with van der Waals surface area (Å²) in [4.78, 5) is 18.0. The Kier molecular flexibility index (Phi) is 5.09. The van der Waals surface area contributed by atoms with Crippen LogP contribution in [0.5, 0.6) is 0 Å². The van der Waals surface area contributed by atoms with Crippen molar-refractivity contribution in [1.29, 1.82) is 0 Å². The van der Waals surface area contributed by atoms with Crippen molar-refractivity contribution in [3.8, 4) is 11.3 Å². The summed E-state index contributed by atoms with van der Waals surface area (Å²) in [6.07, 6.45) is 5.82. The quantitative estimate of drug-likeness (QED) is 0.813. The minimum atomic E-state index is 0.0348. The van der Waals surface area contributed by atoms with Crippen molar-refractivity contribution in [2.24, 2.45) is 0 Å². The van der Waals surface area contributed by atoms with Crippen LogP contribution in [-0.4, -0.2) is 22.1 Å². The van der Waals surface area contributed by atoms with Gasteiger partial charge in [0.1, 0.15) is 5.69 Å². The zero-order chi connectivity index (χ0) is 15.2. The van der Waals surface area contributed by atoms with E-state index in [1.54, 1.807) is 23.4 Å². The minimum Gasteiger partial charge on any atom is -0.338 e. The van der Waals surface area contributed by atoms with E-state index in [1.165, 1.54) is 0 Å². The third kappa shape index (κ3) is 3.68. The van der Waals surface area contributed by atoms with Gasteiger partial charge < -0.3 is 4.52 Å². The van der Waals surface area contributed by atoms with Gasteiger partial charge in [0, 0.05) is 36.5 Å². The van der Waals surface area contributed by atoms with Crippen LogP contribution in [-0.2, 0) is 4.79 Å². The molecule has 5 nitrogen and oxygen atoms in total. The average Bonchev–Trinajstić information content (AvgIpc) is 2.95. The lowest BCUT2D eigenvalue weighted by Crippen LogP contribution is -2.36. The van der Waals surface area contributed by atoms with E-state index in [2.05, 4.69) is 17.1 Å². The van der Waals surface area contributed by atoms with Gasteiger partial charge in [-0.1, -0.05) is 18.5 Å². The van der Waals surface area contributed by atoms with E-state index in [1.807, 2.05) is 26.0 Å². The van der Waals surface area contributed by atoms with Crippen molar-refractivity contribution in [2.75, 3.05) is 4.90 Å². The Hall–Kier alpha value is -2.17. The van der Waals surface area contributed by atoms with Crippen LogP contribution >= 0.6 is 0 Å². The zero-order valence-electron chi connectivity index (χ0n) is 12.7. The number of amides is 1. The number of hydrogen-bond donors (Lipinski definition) is 0. The Balaban J connectivity index is 2.22. The van der Waals surface area contributed by atoms with Gasteiger partial charge in [0.15, 0.2) is 0 Å². The molecule has 0 saturated heterocycles. The molecule has 0 saturated carbocycles. The highest BCUT2D eigenvalue weighted by Crippen LogP contribution is 2.25. The topological polar surface area (TPSA) is 59.2 Å². The number of hydrogen-bond acceptors (Lipinski definition) is 4. The highest BCUT2D eigenvalue weighted by atomic mass is 16.5. The Morgan fingerprint density at radius 2 is 2.05 bits per heavy atom. The molecular weight excluding hydrogens is 266 g/mol. The number of nitrogens with zero attached hydrogens (tertiary/aromatic N) is 3. The summed E-state index contributed by atoms with van der Waals surface area (Å²) in [7, 11) is 0. The van der Waals surface area contributed by atoms with Crippen LogP contribution in [0.2, 0.25) is 0 Å². The maximum Gasteiger partial charge on any atom is 0.234 e. The standard InChI is InChI=1S/C16H21N3O2/c1-4-5-6-15(20)19(12(2)3)16-11-14(18-21-16)13-7-9-17-10-8-13/h7-12H,4-6H2,1-3H3. The fourth-order valence-electron chi connectivity index (χ4n) is 2.15. The molecule has 2 aromatic heterocycles. The minimum absolute atomic E-state index is 0.0348. The van der Waals surface area contributed by atoms with Gasteiger partial charge >= 0.3 is 0 Å². The molecule has 0 spiro atoms. The molecule has 0 unspecified atom stereocenters. The van der Waals surface area contributed by atoms with E-state index in [-0.39, 0.29) is 11.9 Å². The maximum absolute atomic E-state index is 12.3. The molecule has 2 aromatic rings. The van der Waals surface area contributed by atoms with Crippen LogP contribution in [0.4, 0.5) is 5.88 Å². The predicted molar refractivity (Wildman–Crippen MR) is 81.9 cm³/mol. The molecule has 0 bridgehead atoms. The number of pyridine rings is 1. The molecule has 0 atom stereocenters. The number of anilines is 1. The van der Waals surface area contributed by atoms with E-state index < -0.39 is 0 Å². The lowest BCUT2D eigenvalue weighted by atomic mass is 10.2. The molecule has 0 aromatic carbocycles. The first-order valence-corrected chi connectivity index (χ1v) is 7.32. The fourth-order valence-corrected chi connectivity index (χ4v) is 2.15. The summed E-state index contributed by atoms with van der Waals surface area (Å²) in [5, 5.41) is 4.06. The van der Waals surface area contributed by atoms with E-state index >= 15 is 0 Å². The summed E-state index contributed by atoms with van der Waals surface area (Å²) in [6.45, 7) is 6.01. The highest BCUT2D eigenvalue weighted by Gasteiger charge is 2.22. The van der Waals surface area contributed by atoms with Crippen LogP contribution in [0, 0.1) is 0 Å². The molecule has 112 valence electrons. The van der Waals surface area contributed by atoms with Crippen LogP contribution in [0.1, 0.15) is 40.0 Å². The molecule has 2 rings (SSSR count). The molecule has 5 heteroatoms. The van der Waals surface area contributed by atoms with E-state index in [0.717, 1.165) is 18.4 Å². The van der Waals surface area contributed by atoms with Gasteiger partial charge in [-0.05, 0) is 32.4 Å². The van der Waals surface area contributed by atoms with Crippen molar-refractivity contribution < 1.29 is 9.32 Å². The van der Waals surface area contributed by atoms with Crippen molar-refractivity contribution in [1.82, 2.24) is 10.1 Å². The van der Waals surface area contributed by atoms with Gasteiger partial charge in [0.25, 0.3) is 0 Å². The number of unbranched alkanes of at least 4 members (excludes halogenated alkanes) is 1. The fraction of sp³-hybridized carbons (Fsp3) is 0.438. The first-order chi connectivity index (χ1) is 10.1. The Morgan fingerprint density at radius 3 is 2.67 bits per heavy atom. The third-order valence-electron chi connectivity index (χ3n) is 3.24. The average molecular weight is 287 g/mol.